The fraction of sp³-hybridized carbons (Fsp3) is 0.167. The molecule has 0 spiro atoms. The van der Waals surface area contributed by atoms with E-state index in [1.807, 2.05) is 32.0 Å². The van der Waals surface area contributed by atoms with E-state index in [1.165, 1.54) is 11.8 Å². The molecular weight excluding hydrogens is 358 g/mol. The molecule has 7 heteroatoms. The lowest BCUT2D eigenvalue weighted by Gasteiger charge is -2.09. The number of nitrogens with one attached hydrogen (secondary N) is 1. The minimum atomic E-state index is -0.120. The highest BCUT2D eigenvalue weighted by Crippen LogP contribution is 2.25. The number of hydrogen-bond donors (Lipinski definition) is 1. The molecule has 3 rings (SSSR count). The van der Waals surface area contributed by atoms with Crippen LogP contribution in [0, 0.1) is 13.8 Å². The van der Waals surface area contributed by atoms with Gasteiger partial charge in [0.1, 0.15) is 0 Å². The molecule has 1 heterocycles. The largest absolute Gasteiger partial charge is 0.411 e. The van der Waals surface area contributed by atoms with Crippen LogP contribution in [0.5, 0.6) is 0 Å². The van der Waals surface area contributed by atoms with Gasteiger partial charge in [0, 0.05) is 16.3 Å². The van der Waals surface area contributed by atoms with Gasteiger partial charge in [-0.05, 0) is 55.3 Å². The first kappa shape index (κ1) is 17.5. The van der Waals surface area contributed by atoms with Crippen LogP contribution in [0.15, 0.2) is 52.1 Å². The van der Waals surface area contributed by atoms with Crippen molar-refractivity contribution in [3.63, 3.8) is 0 Å². The van der Waals surface area contributed by atoms with Crippen molar-refractivity contribution < 1.29 is 9.21 Å². The number of aryl methyl sites for hydroxylation is 1. The van der Waals surface area contributed by atoms with Crippen molar-refractivity contribution in [2.75, 3.05) is 11.1 Å². The van der Waals surface area contributed by atoms with Crippen molar-refractivity contribution in [1.82, 2.24) is 10.2 Å². The molecule has 3 aromatic rings. The summed E-state index contributed by atoms with van der Waals surface area (Å²) in [7, 11) is 0. The van der Waals surface area contributed by atoms with E-state index in [-0.39, 0.29) is 11.7 Å². The Morgan fingerprint density at radius 2 is 1.92 bits per heavy atom. The van der Waals surface area contributed by atoms with Crippen LogP contribution < -0.4 is 5.32 Å². The van der Waals surface area contributed by atoms with Gasteiger partial charge in [0.15, 0.2) is 0 Å². The van der Waals surface area contributed by atoms with Crippen molar-refractivity contribution in [3.05, 3.63) is 58.6 Å². The summed E-state index contributed by atoms with van der Waals surface area (Å²) in [5.74, 6) is 0.467. The number of hydrogen-bond acceptors (Lipinski definition) is 5. The van der Waals surface area contributed by atoms with Gasteiger partial charge in [0.05, 0.1) is 5.75 Å². The van der Waals surface area contributed by atoms with Crippen molar-refractivity contribution in [1.29, 1.82) is 0 Å². The fourth-order valence-corrected chi connectivity index (χ4v) is 2.87. The molecule has 1 amide bonds. The van der Waals surface area contributed by atoms with E-state index < -0.39 is 0 Å². The van der Waals surface area contributed by atoms with E-state index in [0.29, 0.717) is 16.1 Å². The maximum Gasteiger partial charge on any atom is 0.277 e. The van der Waals surface area contributed by atoms with Gasteiger partial charge in [0.25, 0.3) is 5.22 Å². The smallest absolute Gasteiger partial charge is 0.277 e. The maximum absolute atomic E-state index is 12.1. The number of halogens is 1. The van der Waals surface area contributed by atoms with Gasteiger partial charge in [-0.15, -0.1) is 10.2 Å². The minimum absolute atomic E-state index is 0.120. The van der Waals surface area contributed by atoms with E-state index in [0.717, 1.165) is 22.4 Å². The van der Waals surface area contributed by atoms with E-state index in [2.05, 4.69) is 15.5 Å². The van der Waals surface area contributed by atoms with Crippen LogP contribution in [0.2, 0.25) is 5.02 Å². The van der Waals surface area contributed by atoms with Crippen molar-refractivity contribution in [3.8, 4) is 11.5 Å². The molecule has 128 valence electrons. The first-order chi connectivity index (χ1) is 12.0. The lowest BCUT2D eigenvalue weighted by Crippen LogP contribution is -2.15. The van der Waals surface area contributed by atoms with Crippen LogP contribution in [0.1, 0.15) is 11.1 Å². The molecule has 0 aliphatic carbocycles. The highest BCUT2D eigenvalue weighted by molar-refractivity contribution is 7.99. The summed E-state index contributed by atoms with van der Waals surface area (Å²) in [6, 6.07) is 12.9. The predicted molar refractivity (Wildman–Crippen MR) is 100 cm³/mol. The van der Waals surface area contributed by atoms with Crippen molar-refractivity contribution in [2.45, 2.75) is 19.1 Å². The molecule has 0 aliphatic rings. The first-order valence-electron chi connectivity index (χ1n) is 7.61. The maximum atomic E-state index is 12.1. The number of thioether (sulfide) groups is 1. The van der Waals surface area contributed by atoms with Gasteiger partial charge >= 0.3 is 0 Å². The Balaban J connectivity index is 1.59. The molecule has 2 aromatic carbocycles. The molecule has 0 fully saturated rings. The molecule has 25 heavy (non-hydrogen) atoms. The monoisotopic (exact) mass is 373 g/mol. The van der Waals surface area contributed by atoms with Gasteiger partial charge in [-0.2, -0.15) is 0 Å². The van der Waals surface area contributed by atoms with E-state index in [1.54, 1.807) is 24.3 Å². The van der Waals surface area contributed by atoms with Crippen LogP contribution in [0.4, 0.5) is 5.69 Å². The number of rotatable bonds is 5. The number of amides is 1. The van der Waals surface area contributed by atoms with Crippen LogP contribution in [0.3, 0.4) is 0 Å². The number of nitrogens with zero attached hydrogens (tertiary/aromatic N) is 2. The number of carbonyl (C=O) groups excluding carboxylic acids is 1. The Morgan fingerprint density at radius 1 is 1.16 bits per heavy atom. The summed E-state index contributed by atoms with van der Waals surface area (Å²) in [5.41, 5.74) is 3.79. The summed E-state index contributed by atoms with van der Waals surface area (Å²) < 4.78 is 5.57. The highest BCUT2D eigenvalue weighted by Gasteiger charge is 2.12. The molecule has 0 atom stereocenters. The van der Waals surface area contributed by atoms with E-state index in [9.17, 15) is 4.79 Å². The average molecular weight is 374 g/mol. The zero-order valence-electron chi connectivity index (χ0n) is 13.7. The summed E-state index contributed by atoms with van der Waals surface area (Å²) in [6.45, 7) is 3.99. The molecule has 1 N–H and O–H groups in total. The Kier molecular flexibility index (Phi) is 5.40. The third kappa shape index (κ3) is 4.41. The lowest BCUT2D eigenvalue weighted by molar-refractivity contribution is -0.113. The fourth-order valence-electron chi connectivity index (χ4n) is 2.18. The Morgan fingerprint density at radius 3 is 2.68 bits per heavy atom. The van der Waals surface area contributed by atoms with Gasteiger partial charge in [-0.3, -0.25) is 4.79 Å². The Hall–Kier alpha value is -2.31. The van der Waals surface area contributed by atoms with E-state index >= 15 is 0 Å². The summed E-state index contributed by atoms with van der Waals surface area (Å²) in [5, 5.41) is 11.8. The molecule has 5 nitrogen and oxygen atoms in total. The summed E-state index contributed by atoms with van der Waals surface area (Å²) in [4.78, 5) is 12.1. The van der Waals surface area contributed by atoms with Gasteiger partial charge < -0.3 is 9.73 Å². The molecule has 0 saturated heterocycles. The third-order valence-corrected chi connectivity index (χ3v) is 4.77. The molecule has 0 aliphatic heterocycles. The second-order valence-corrected chi connectivity index (χ2v) is 6.83. The van der Waals surface area contributed by atoms with Gasteiger partial charge in [-0.1, -0.05) is 35.5 Å². The third-order valence-electron chi connectivity index (χ3n) is 3.70. The molecule has 0 saturated carbocycles. The number of anilines is 1. The zero-order chi connectivity index (χ0) is 17.8. The molecule has 0 unspecified atom stereocenters. The van der Waals surface area contributed by atoms with Gasteiger partial charge in [0.2, 0.25) is 11.8 Å². The topological polar surface area (TPSA) is 68.0 Å². The molecule has 0 radical (unpaired) electrons. The predicted octanol–water partition coefficient (Wildman–Crippen LogP) is 4.74. The Bertz CT molecular complexity index is 894. The number of carbonyl (C=O) groups is 1. The highest BCUT2D eigenvalue weighted by atomic mass is 35.5. The van der Waals surface area contributed by atoms with Crippen LogP contribution >= 0.6 is 23.4 Å². The lowest BCUT2D eigenvalue weighted by atomic mass is 10.1. The molecule has 1 aromatic heterocycles. The number of aromatic nitrogens is 2. The van der Waals surface area contributed by atoms with Crippen molar-refractivity contribution >= 4 is 35.0 Å². The SMILES string of the molecule is Cc1cccc(NC(=O)CSc2nnc(-c3ccc(Cl)cc3)o2)c1C. The van der Waals surface area contributed by atoms with E-state index in [4.69, 9.17) is 16.0 Å². The second kappa shape index (κ2) is 7.72. The van der Waals surface area contributed by atoms with Crippen LogP contribution in [-0.2, 0) is 4.79 Å². The quantitative estimate of drug-likeness (QED) is 0.654. The van der Waals surface area contributed by atoms with Gasteiger partial charge in [-0.25, -0.2) is 0 Å². The molecular formula is C18H16ClN3O2S. The first-order valence-corrected chi connectivity index (χ1v) is 8.97. The van der Waals surface area contributed by atoms with Crippen LogP contribution in [0.25, 0.3) is 11.5 Å². The second-order valence-electron chi connectivity index (χ2n) is 5.46. The average Bonchev–Trinajstić information content (AvgIpc) is 3.07. The minimum Gasteiger partial charge on any atom is -0.411 e. The van der Waals surface area contributed by atoms with Crippen LogP contribution in [-0.4, -0.2) is 21.9 Å². The summed E-state index contributed by atoms with van der Waals surface area (Å²) >= 11 is 7.06. The van der Waals surface area contributed by atoms with Crippen molar-refractivity contribution in [2.24, 2.45) is 0 Å². The Labute approximate surface area is 154 Å². The normalized spacial score (nSPS) is 10.7. The summed E-state index contributed by atoms with van der Waals surface area (Å²) in [6.07, 6.45) is 0. The zero-order valence-corrected chi connectivity index (χ0v) is 15.3. The molecule has 0 bridgehead atoms. The number of benzene rings is 2. The standard InChI is InChI=1S/C18H16ClN3O2S/c1-11-4-3-5-15(12(11)2)20-16(23)10-25-18-22-21-17(24-18)13-6-8-14(19)9-7-13/h3-9H,10H2,1-2H3,(H,20,23).